The van der Waals surface area contributed by atoms with E-state index in [1.54, 1.807) is 23.7 Å². The number of thiazole rings is 1. The third-order valence-electron chi connectivity index (χ3n) is 4.07. The van der Waals surface area contributed by atoms with Crippen LogP contribution in [-0.4, -0.2) is 39.5 Å². The van der Waals surface area contributed by atoms with Crippen molar-refractivity contribution >= 4 is 27.3 Å². The predicted molar refractivity (Wildman–Crippen MR) is 101 cm³/mol. The summed E-state index contributed by atoms with van der Waals surface area (Å²) < 4.78 is 7.04. The van der Waals surface area contributed by atoms with Gasteiger partial charge < -0.3 is 4.74 Å². The van der Waals surface area contributed by atoms with Crippen LogP contribution < -0.4 is 0 Å². The van der Waals surface area contributed by atoms with Crippen LogP contribution in [0, 0.1) is 0 Å². The molecule has 0 N–H and O–H groups in total. The first-order valence-electron chi connectivity index (χ1n) is 8.09. The van der Waals surface area contributed by atoms with Gasteiger partial charge >= 0.3 is 0 Å². The Bertz CT molecular complexity index is 842. The lowest BCUT2D eigenvalue weighted by Crippen LogP contribution is -2.37. The Balaban J connectivity index is 1.43. The number of hydrogen-bond donors (Lipinski definition) is 0. The van der Waals surface area contributed by atoms with Gasteiger partial charge in [-0.3, -0.25) is 4.90 Å². The van der Waals surface area contributed by atoms with Gasteiger partial charge in [-0.25, -0.2) is 15.0 Å². The normalized spacial score (nSPS) is 18.4. The summed E-state index contributed by atoms with van der Waals surface area (Å²) in [6.45, 7) is 3.33. The summed E-state index contributed by atoms with van der Waals surface area (Å²) >= 11 is 5.12. The van der Waals surface area contributed by atoms with E-state index >= 15 is 0 Å². The molecule has 128 valence electrons. The minimum absolute atomic E-state index is 0.0989. The van der Waals surface area contributed by atoms with Gasteiger partial charge in [-0.15, -0.1) is 11.3 Å². The van der Waals surface area contributed by atoms with Crippen molar-refractivity contribution in [1.29, 1.82) is 0 Å². The highest BCUT2D eigenvalue weighted by atomic mass is 79.9. The van der Waals surface area contributed by atoms with Gasteiger partial charge in [0.1, 0.15) is 0 Å². The van der Waals surface area contributed by atoms with Crippen molar-refractivity contribution in [3.05, 3.63) is 63.8 Å². The first kappa shape index (κ1) is 16.8. The van der Waals surface area contributed by atoms with Crippen LogP contribution in [0.2, 0.25) is 0 Å². The van der Waals surface area contributed by atoms with E-state index in [0.717, 1.165) is 41.4 Å². The van der Waals surface area contributed by atoms with Crippen LogP contribution in [0.3, 0.4) is 0 Å². The second-order valence-corrected chi connectivity index (χ2v) is 7.64. The predicted octanol–water partition coefficient (Wildman–Crippen LogP) is 3.94. The fraction of sp³-hybridized carbons (Fsp3) is 0.278. The minimum Gasteiger partial charge on any atom is -0.371 e. The molecule has 1 atom stereocenters. The molecule has 25 heavy (non-hydrogen) atoms. The molecule has 1 aliphatic rings. The van der Waals surface area contributed by atoms with Crippen molar-refractivity contribution < 1.29 is 4.74 Å². The number of nitrogens with zero attached hydrogens (tertiary/aromatic N) is 4. The van der Waals surface area contributed by atoms with Gasteiger partial charge in [0, 0.05) is 41.9 Å². The van der Waals surface area contributed by atoms with Crippen molar-refractivity contribution in [2.75, 3.05) is 19.7 Å². The Labute approximate surface area is 158 Å². The van der Waals surface area contributed by atoms with Gasteiger partial charge in [0.05, 0.1) is 18.4 Å². The Morgan fingerprint density at radius 2 is 2.12 bits per heavy atom. The second kappa shape index (κ2) is 7.70. The fourth-order valence-corrected chi connectivity index (χ4v) is 4.05. The Hall–Kier alpha value is -1.67. The third kappa shape index (κ3) is 4.12. The van der Waals surface area contributed by atoms with E-state index in [1.807, 2.05) is 18.2 Å². The van der Waals surface area contributed by atoms with Crippen LogP contribution in [0.1, 0.15) is 17.4 Å². The van der Waals surface area contributed by atoms with Gasteiger partial charge in [0.2, 0.25) is 0 Å². The minimum atomic E-state index is 0.0989. The number of halogens is 1. The number of morpholine rings is 1. The molecule has 4 rings (SSSR count). The van der Waals surface area contributed by atoms with Gasteiger partial charge in [0.15, 0.2) is 10.8 Å². The lowest BCUT2D eigenvalue weighted by molar-refractivity contribution is -0.0332. The monoisotopic (exact) mass is 416 g/mol. The molecule has 1 aromatic carbocycles. The van der Waals surface area contributed by atoms with E-state index in [9.17, 15) is 0 Å². The molecule has 0 saturated carbocycles. The molecule has 0 bridgehead atoms. The average molecular weight is 417 g/mol. The molecule has 0 amide bonds. The summed E-state index contributed by atoms with van der Waals surface area (Å²) in [5.41, 5.74) is 2.26. The molecule has 0 spiro atoms. The number of benzene rings is 1. The van der Waals surface area contributed by atoms with E-state index < -0.39 is 0 Å². The van der Waals surface area contributed by atoms with Crippen molar-refractivity contribution in [3.63, 3.8) is 0 Å². The summed E-state index contributed by atoms with van der Waals surface area (Å²) in [4.78, 5) is 15.6. The summed E-state index contributed by atoms with van der Waals surface area (Å²) in [6, 6.07) is 10.1. The smallest absolute Gasteiger partial charge is 0.188 e. The highest BCUT2D eigenvalue weighted by Gasteiger charge is 2.23. The van der Waals surface area contributed by atoms with E-state index in [-0.39, 0.29) is 6.10 Å². The largest absolute Gasteiger partial charge is 0.371 e. The van der Waals surface area contributed by atoms with Crippen LogP contribution in [-0.2, 0) is 11.3 Å². The Morgan fingerprint density at radius 1 is 1.24 bits per heavy atom. The van der Waals surface area contributed by atoms with Gasteiger partial charge in [-0.1, -0.05) is 28.1 Å². The Morgan fingerprint density at radius 3 is 2.96 bits per heavy atom. The highest BCUT2D eigenvalue weighted by molar-refractivity contribution is 9.10. The van der Waals surface area contributed by atoms with Crippen molar-refractivity contribution in [2.45, 2.75) is 12.6 Å². The molecule has 1 saturated heterocycles. The summed E-state index contributed by atoms with van der Waals surface area (Å²) in [7, 11) is 0. The molecule has 0 aliphatic carbocycles. The maximum absolute atomic E-state index is 5.96. The molecule has 5 nitrogen and oxygen atoms in total. The molecule has 2 aromatic heterocycles. The van der Waals surface area contributed by atoms with Crippen LogP contribution in [0.15, 0.2) is 52.6 Å². The van der Waals surface area contributed by atoms with Gasteiger partial charge in [-0.2, -0.15) is 0 Å². The molecule has 7 heteroatoms. The van der Waals surface area contributed by atoms with E-state index in [4.69, 9.17) is 9.72 Å². The van der Waals surface area contributed by atoms with Gasteiger partial charge in [-0.05, 0) is 23.8 Å². The topological polar surface area (TPSA) is 51.1 Å². The third-order valence-corrected chi connectivity index (χ3v) is 5.45. The standard InChI is InChI=1S/C18H17BrN4OS/c19-14-4-1-3-13(9-14)16-11-23(7-8-24-16)10-15-12-25-18(22-15)17-20-5-2-6-21-17/h1-6,9,12,16H,7-8,10-11H2. The quantitative estimate of drug-likeness (QED) is 0.644. The first-order valence-corrected chi connectivity index (χ1v) is 9.76. The number of ether oxygens (including phenoxy) is 1. The number of rotatable bonds is 4. The van der Waals surface area contributed by atoms with Gasteiger partial charge in [0.25, 0.3) is 0 Å². The molecule has 3 aromatic rings. The lowest BCUT2D eigenvalue weighted by Gasteiger charge is -2.32. The molecular weight excluding hydrogens is 400 g/mol. The highest BCUT2D eigenvalue weighted by Crippen LogP contribution is 2.26. The zero-order valence-electron chi connectivity index (χ0n) is 13.5. The summed E-state index contributed by atoms with van der Waals surface area (Å²) in [5, 5.41) is 2.96. The number of hydrogen-bond acceptors (Lipinski definition) is 6. The van der Waals surface area contributed by atoms with E-state index in [2.05, 4.69) is 48.3 Å². The van der Waals surface area contributed by atoms with Crippen LogP contribution in [0.4, 0.5) is 0 Å². The SMILES string of the molecule is Brc1cccc(C2CN(Cc3csc(-c4ncccn4)n3)CCO2)c1. The first-order chi connectivity index (χ1) is 12.3. The van der Waals surface area contributed by atoms with Crippen LogP contribution >= 0.6 is 27.3 Å². The van der Waals surface area contributed by atoms with E-state index in [1.165, 1.54) is 5.56 Å². The molecule has 1 aliphatic heterocycles. The molecule has 0 radical (unpaired) electrons. The zero-order valence-corrected chi connectivity index (χ0v) is 15.9. The average Bonchev–Trinajstić information content (AvgIpc) is 3.11. The second-order valence-electron chi connectivity index (χ2n) is 5.87. The van der Waals surface area contributed by atoms with Crippen molar-refractivity contribution in [2.24, 2.45) is 0 Å². The maximum Gasteiger partial charge on any atom is 0.188 e. The Kier molecular flexibility index (Phi) is 5.17. The van der Waals surface area contributed by atoms with Crippen molar-refractivity contribution in [1.82, 2.24) is 19.9 Å². The number of aromatic nitrogens is 3. The zero-order chi connectivity index (χ0) is 17.1. The molecule has 3 heterocycles. The lowest BCUT2D eigenvalue weighted by atomic mass is 10.1. The van der Waals surface area contributed by atoms with Crippen molar-refractivity contribution in [3.8, 4) is 10.8 Å². The molecule has 1 fully saturated rings. The summed E-state index contributed by atoms with van der Waals surface area (Å²) in [5.74, 6) is 0.688. The maximum atomic E-state index is 5.96. The van der Waals surface area contributed by atoms with Crippen LogP contribution in [0.25, 0.3) is 10.8 Å². The van der Waals surface area contributed by atoms with Crippen LogP contribution in [0.5, 0.6) is 0 Å². The summed E-state index contributed by atoms with van der Waals surface area (Å²) in [6.07, 6.45) is 3.59. The molecular formula is C18H17BrN4OS. The molecule has 1 unspecified atom stereocenters. The van der Waals surface area contributed by atoms with E-state index in [0.29, 0.717) is 5.82 Å². The fourth-order valence-electron chi connectivity index (χ4n) is 2.88.